The molecule has 0 spiro atoms. The Morgan fingerprint density at radius 2 is 1.88 bits per heavy atom. The first kappa shape index (κ1) is 17.7. The number of anilines is 3. The number of amides is 1. The average Bonchev–Trinajstić information content (AvgIpc) is 2.64. The van der Waals surface area contributed by atoms with E-state index in [2.05, 4.69) is 10.6 Å². The number of nitrogen functional groups attached to an aromatic ring is 1. The van der Waals surface area contributed by atoms with Crippen molar-refractivity contribution in [2.24, 2.45) is 0 Å². The molecule has 0 saturated carbocycles. The Labute approximate surface area is 145 Å². The van der Waals surface area contributed by atoms with Gasteiger partial charge in [-0.05, 0) is 36.4 Å². The summed E-state index contributed by atoms with van der Waals surface area (Å²) in [6.07, 6.45) is 1.32. The number of nitriles is 1. The van der Waals surface area contributed by atoms with Gasteiger partial charge in [0.05, 0.1) is 19.9 Å². The third-order valence-electron chi connectivity index (χ3n) is 3.31. The fourth-order valence-electron chi connectivity index (χ4n) is 1.98. The number of methoxy groups -OCH3 is 2. The van der Waals surface area contributed by atoms with Crippen LogP contribution in [0.1, 0.15) is 0 Å². The van der Waals surface area contributed by atoms with Crippen LogP contribution in [-0.4, -0.2) is 20.1 Å². The molecule has 2 rings (SSSR count). The standard InChI is InChI=1S/C18H18N4O3/c1-24-15-7-8-16(17(9-15)25-2)21-11-12(10-19)18(23)22-14-5-3-13(20)4-6-14/h3-9,11,21H,20H2,1-2H3,(H,22,23)/b12-11-. The number of rotatable bonds is 6. The lowest BCUT2D eigenvalue weighted by Crippen LogP contribution is -2.14. The predicted molar refractivity (Wildman–Crippen MR) is 96.3 cm³/mol. The van der Waals surface area contributed by atoms with Gasteiger partial charge in [-0.25, -0.2) is 0 Å². The topological polar surface area (TPSA) is 109 Å². The highest BCUT2D eigenvalue weighted by atomic mass is 16.5. The number of nitrogens with zero attached hydrogens (tertiary/aromatic N) is 1. The van der Waals surface area contributed by atoms with Gasteiger partial charge in [-0.3, -0.25) is 4.79 Å². The Hall–Kier alpha value is -3.66. The Bertz CT molecular complexity index is 823. The molecule has 0 unspecified atom stereocenters. The number of carbonyl (C=O) groups is 1. The van der Waals surface area contributed by atoms with Gasteiger partial charge in [0, 0.05) is 23.6 Å². The second-order valence-electron chi connectivity index (χ2n) is 4.96. The molecule has 0 bridgehead atoms. The van der Waals surface area contributed by atoms with Crippen molar-refractivity contribution in [3.63, 3.8) is 0 Å². The number of hydrogen-bond donors (Lipinski definition) is 3. The predicted octanol–water partition coefficient (Wildman–Crippen LogP) is 2.74. The Kier molecular flexibility index (Phi) is 5.85. The van der Waals surface area contributed by atoms with Crippen molar-refractivity contribution in [1.82, 2.24) is 0 Å². The quantitative estimate of drug-likeness (QED) is 0.424. The van der Waals surface area contributed by atoms with E-state index in [1.54, 1.807) is 49.6 Å². The van der Waals surface area contributed by atoms with E-state index in [0.717, 1.165) is 0 Å². The van der Waals surface area contributed by atoms with Crippen LogP contribution in [0.2, 0.25) is 0 Å². The van der Waals surface area contributed by atoms with Gasteiger partial charge >= 0.3 is 0 Å². The van der Waals surface area contributed by atoms with Crippen LogP contribution in [0.5, 0.6) is 11.5 Å². The van der Waals surface area contributed by atoms with Gasteiger partial charge in [-0.1, -0.05) is 0 Å². The number of benzene rings is 2. The fraction of sp³-hybridized carbons (Fsp3) is 0.111. The first-order valence-electron chi connectivity index (χ1n) is 7.33. The second kappa shape index (κ2) is 8.26. The SMILES string of the molecule is COc1ccc(N/C=C(/C#N)C(=O)Nc2ccc(N)cc2)c(OC)c1. The van der Waals surface area contributed by atoms with Crippen LogP contribution < -0.4 is 25.8 Å². The van der Waals surface area contributed by atoms with Gasteiger partial charge in [-0.15, -0.1) is 0 Å². The molecule has 1 amide bonds. The van der Waals surface area contributed by atoms with E-state index >= 15 is 0 Å². The van der Waals surface area contributed by atoms with Crippen LogP contribution in [0.3, 0.4) is 0 Å². The molecular weight excluding hydrogens is 320 g/mol. The molecule has 0 atom stereocenters. The minimum absolute atomic E-state index is 0.0882. The minimum Gasteiger partial charge on any atom is -0.497 e. The van der Waals surface area contributed by atoms with Crippen LogP contribution in [0.15, 0.2) is 54.2 Å². The Balaban J connectivity index is 2.13. The molecule has 0 saturated heterocycles. The third-order valence-corrected chi connectivity index (χ3v) is 3.31. The van der Waals surface area contributed by atoms with E-state index in [0.29, 0.717) is 28.6 Å². The highest BCUT2D eigenvalue weighted by Gasteiger charge is 2.10. The molecule has 7 heteroatoms. The van der Waals surface area contributed by atoms with Gasteiger partial charge in [0.2, 0.25) is 0 Å². The molecule has 25 heavy (non-hydrogen) atoms. The van der Waals surface area contributed by atoms with Crippen molar-refractivity contribution in [2.75, 3.05) is 30.6 Å². The van der Waals surface area contributed by atoms with Crippen molar-refractivity contribution in [3.05, 3.63) is 54.2 Å². The molecule has 128 valence electrons. The van der Waals surface area contributed by atoms with E-state index in [9.17, 15) is 10.1 Å². The smallest absolute Gasteiger partial charge is 0.267 e. The molecule has 0 radical (unpaired) electrons. The maximum atomic E-state index is 12.2. The van der Waals surface area contributed by atoms with E-state index in [1.165, 1.54) is 13.3 Å². The van der Waals surface area contributed by atoms with E-state index < -0.39 is 5.91 Å². The summed E-state index contributed by atoms with van der Waals surface area (Å²) in [6, 6.07) is 13.6. The number of hydrogen-bond acceptors (Lipinski definition) is 6. The first-order chi connectivity index (χ1) is 12.1. The average molecular weight is 338 g/mol. The Morgan fingerprint density at radius 1 is 1.16 bits per heavy atom. The normalized spacial score (nSPS) is 10.5. The molecule has 2 aromatic rings. The van der Waals surface area contributed by atoms with Crippen molar-refractivity contribution < 1.29 is 14.3 Å². The molecule has 0 fully saturated rings. The van der Waals surface area contributed by atoms with Crippen LogP contribution >= 0.6 is 0 Å². The second-order valence-corrected chi connectivity index (χ2v) is 4.96. The maximum absolute atomic E-state index is 12.2. The van der Waals surface area contributed by atoms with E-state index in [1.807, 2.05) is 6.07 Å². The zero-order valence-electron chi connectivity index (χ0n) is 13.9. The molecule has 4 N–H and O–H groups in total. The fourth-order valence-corrected chi connectivity index (χ4v) is 1.98. The molecule has 0 aliphatic heterocycles. The summed E-state index contributed by atoms with van der Waals surface area (Å²) in [7, 11) is 3.07. The largest absolute Gasteiger partial charge is 0.497 e. The van der Waals surface area contributed by atoms with Gasteiger partial charge in [0.1, 0.15) is 23.1 Å². The number of carbonyl (C=O) groups excluding carboxylic acids is 1. The molecule has 7 nitrogen and oxygen atoms in total. The van der Waals surface area contributed by atoms with Crippen LogP contribution in [-0.2, 0) is 4.79 Å². The summed E-state index contributed by atoms with van der Waals surface area (Å²) >= 11 is 0. The van der Waals surface area contributed by atoms with Gasteiger partial charge in [0.25, 0.3) is 5.91 Å². The summed E-state index contributed by atoms with van der Waals surface area (Å²) in [4.78, 5) is 12.2. The van der Waals surface area contributed by atoms with Crippen molar-refractivity contribution in [1.29, 1.82) is 5.26 Å². The van der Waals surface area contributed by atoms with Crippen LogP contribution in [0, 0.1) is 11.3 Å². The molecule has 0 heterocycles. The number of nitrogens with two attached hydrogens (primary N) is 1. The lowest BCUT2D eigenvalue weighted by molar-refractivity contribution is -0.112. The zero-order valence-corrected chi connectivity index (χ0v) is 13.9. The van der Waals surface area contributed by atoms with Gasteiger partial charge in [0.15, 0.2) is 0 Å². The molecule has 0 aliphatic carbocycles. The summed E-state index contributed by atoms with van der Waals surface area (Å²) in [6.45, 7) is 0. The van der Waals surface area contributed by atoms with Crippen molar-refractivity contribution in [3.8, 4) is 17.6 Å². The lowest BCUT2D eigenvalue weighted by Gasteiger charge is -2.10. The molecule has 0 aromatic heterocycles. The first-order valence-corrected chi connectivity index (χ1v) is 7.33. The third kappa shape index (κ3) is 4.65. The van der Waals surface area contributed by atoms with E-state index in [4.69, 9.17) is 15.2 Å². The number of nitrogens with one attached hydrogen (secondary N) is 2. The van der Waals surface area contributed by atoms with E-state index in [-0.39, 0.29) is 5.57 Å². The monoisotopic (exact) mass is 338 g/mol. The maximum Gasteiger partial charge on any atom is 0.267 e. The van der Waals surface area contributed by atoms with Gasteiger partial charge < -0.3 is 25.8 Å². The van der Waals surface area contributed by atoms with Crippen LogP contribution in [0.4, 0.5) is 17.1 Å². The highest BCUT2D eigenvalue weighted by molar-refractivity contribution is 6.06. The summed E-state index contributed by atoms with van der Waals surface area (Å²) in [5.41, 5.74) is 7.23. The highest BCUT2D eigenvalue weighted by Crippen LogP contribution is 2.29. The number of ether oxygens (including phenoxy) is 2. The summed E-state index contributed by atoms with van der Waals surface area (Å²) < 4.78 is 10.4. The Morgan fingerprint density at radius 3 is 2.48 bits per heavy atom. The lowest BCUT2D eigenvalue weighted by atomic mass is 10.2. The summed E-state index contributed by atoms with van der Waals surface area (Å²) in [5, 5.41) is 14.7. The van der Waals surface area contributed by atoms with Crippen LogP contribution in [0.25, 0.3) is 0 Å². The minimum atomic E-state index is -0.535. The molecule has 0 aliphatic rings. The van der Waals surface area contributed by atoms with Gasteiger partial charge in [-0.2, -0.15) is 5.26 Å². The van der Waals surface area contributed by atoms with Crippen molar-refractivity contribution in [2.45, 2.75) is 0 Å². The zero-order chi connectivity index (χ0) is 18.2. The summed E-state index contributed by atoms with van der Waals surface area (Å²) in [5.74, 6) is 0.618. The van der Waals surface area contributed by atoms with Crippen molar-refractivity contribution >= 4 is 23.0 Å². The molecular formula is C18H18N4O3. The molecule has 2 aromatic carbocycles.